The number of nitrogens with one attached hydrogen (secondary N) is 1. The number of fused-ring (bicyclic) bond motifs is 3. The SMILES string of the molecule is CC(C)(C)OC(=O)NC1CCCC1c1nc2c(s1)Cc1ccccc1-2. The van der Waals surface area contributed by atoms with Gasteiger partial charge in [0.05, 0.1) is 10.7 Å². The third-order valence-corrected chi connectivity index (χ3v) is 6.06. The Morgan fingerprint density at radius 1 is 1.28 bits per heavy atom. The second-order valence-electron chi connectivity index (χ2n) is 7.95. The van der Waals surface area contributed by atoms with Crippen molar-refractivity contribution in [2.45, 2.75) is 64.0 Å². The number of nitrogens with zero attached hydrogens (tertiary/aromatic N) is 1. The van der Waals surface area contributed by atoms with Crippen molar-refractivity contribution in [3.8, 4) is 11.3 Å². The molecule has 4 rings (SSSR count). The van der Waals surface area contributed by atoms with Gasteiger partial charge in [0, 0.05) is 28.8 Å². The van der Waals surface area contributed by atoms with Crippen molar-refractivity contribution < 1.29 is 9.53 Å². The Balaban J connectivity index is 1.52. The van der Waals surface area contributed by atoms with Crippen LogP contribution in [0.3, 0.4) is 0 Å². The highest BCUT2D eigenvalue weighted by Gasteiger charge is 2.35. The van der Waals surface area contributed by atoms with Crippen molar-refractivity contribution in [2.24, 2.45) is 0 Å². The molecule has 5 heteroatoms. The van der Waals surface area contributed by atoms with Crippen LogP contribution >= 0.6 is 11.3 Å². The van der Waals surface area contributed by atoms with Crippen LogP contribution in [0.5, 0.6) is 0 Å². The first-order valence-corrected chi connectivity index (χ1v) is 9.80. The third kappa shape index (κ3) is 3.30. The van der Waals surface area contributed by atoms with E-state index in [0.717, 1.165) is 36.4 Å². The van der Waals surface area contributed by atoms with Gasteiger partial charge in [-0.1, -0.05) is 30.7 Å². The number of rotatable bonds is 2. The lowest BCUT2D eigenvalue weighted by atomic mass is 10.0. The number of aromatic nitrogens is 1. The fourth-order valence-electron chi connectivity index (χ4n) is 3.82. The molecule has 2 aromatic rings. The molecule has 0 bridgehead atoms. The Labute approximate surface area is 152 Å². The van der Waals surface area contributed by atoms with Gasteiger partial charge in [0.15, 0.2) is 0 Å². The quantitative estimate of drug-likeness (QED) is 0.712. The lowest BCUT2D eigenvalue weighted by Gasteiger charge is -2.24. The molecule has 2 aliphatic carbocycles. The molecule has 1 fully saturated rings. The molecule has 0 aliphatic heterocycles. The average Bonchev–Trinajstić information content (AvgIpc) is 3.18. The molecule has 132 valence electrons. The summed E-state index contributed by atoms with van der Waals surface area (Å²) in [7, 11) is 0. The van der Waals surface area contributed by atoms with Gasteiger partial charge in [-0.05, 0) is 39.2 Å². The summed E-state index contributed by atoms with van der Waals surface area (Å²) in [5.74, 6) is 0.301. The Morgan fingerprint density at radius 2 is 2.08 bits per heavy atom. The minimum Gasteiger partial charge on any atom is -0.444 e. The Morgan fingerprint density at radius 3 is 2.88 bits per heavy atom. The molecule has 1 aromatic heterocycles. The van der Waals surface area contributed by atoms with E-state index in [4.69, 9.17) is 9.72 Å². The Hall–Kier alpha value is -1.88. The molecule has 4 nitrogen and oxygen atoms in total. The smallest absolute Gasteiger partial charge is 0.407 e. The van der Waals surface area contributed by atoms with Crippen molar-refractivity contribution in [2.75, 3.05) is 0 Å². The number of thiazole rings is 1. The van der Waals surface area contributed by atoms with Crippen LogP contribution in [0.4, 0.5) is 4.79 Å². The van der Waals surface area contributed by atoms with Gasteiger partial charge in [-0.3, -0.25) is 0 Å². The number of amides is 1. The number of carbonyl (C=O) groups is 1. The van der Waals surface area contributed by atoms with Crippen LogP contribution in [-0.2, 0) is 11.2 Å². The van der Waals surface area contributed by atoms with Gasteiger partial charge < -0.3 is 10.1 Å². The van der Waals surface area contributed by atoms with Crippen LogP contribution < -0.4 is 5.32 Å². The predicted octanol–water partition coefficient (Wildman–Crippen LogP) is 4.88. The first-order valence-electron chi connectivity index (χ1n) is 8.98. The number of benzene rings is 1. The molecule has 1 amide bonds. The largest absolute Gasteiger partial charge is 0.444 e. The van der Waals surface area contributed by atoms with Gasteiger partial charge in [0.2, 0.25) is 0 Å². The highest BCUT2D eigenvalue weighted by Crippen LogP contribution is 2.44. The highest BCUT2D eigenvalue weighted by atomic mass is 32.1. The summed E-state index contributed by atoms with van der Waals surface area (Å²) in [6.07, 6.45) is 3.85. The third-order valence-electron chi connectivity index (χ3n) is 4.87. The zero-order chi connectivity index (χ0) is 17.6. The van der Waals surface area contributed by atoms with Crippen LogP contribution in [0.2, 0.25) is 0 Å². The van der Waals surface area contributed by atoms with Crippen LogP contribution in [0.25, 0.3) is 11.3 Å². The van der Waals surface area contributed by atoms with E-state index in [1.165, 1.54) is 16.0 Å². The van der Waals surface area contributed by atoms with Gasteiger partial charge in [-0.2, -0.15) is 0 Å². The van der Waals surface area contributed by atoms with E-state index in [2.05, 4.69) is 29.6 Å². The molecule has 2 unspecified atom stereocenters. The molecule has 0 saturated heterocycles. The van der Waals surface area contributed by atoms with Crippen LogP contribution in [-0.4, -0.2) is 22.7 Å². The maximum absolute atomic E-state index is 12.1. The molecule has 25 heavy (non-hydrogen) atoms. The number of alkyl carbamates (subject to hydrolysis) is 1. The fraction of sp³-hybridized carbons (Fsp3) is 0.500. The van der Waals surface area contributed by atoms with Crippen LogP contribution in [0.15, 0.2) is 24.3 Å². The highest BCUT2D eigenvalue weighted by molar-refractivity contribution is 7.12. The van der Waals surface area contributed by atoms with Crippen molar-refractivity contribution in [1.82, 2.24) is 10.3 Å². The monoisotopic (exact) mass is 356 g/mol. The number of hydrogen-bond donors (Lipinski definition) is 1. The molecular formula is C20H24N2O2S. The lowest BCUT2D eigenvalue weighted by molar-refractivity contribution is 0.0501. The van der Waals surface area contributed by atoms with Crippen molar-refractivity contribution in [3.05, 3.63) is 39.7 Å². The molecule has 0 radical (unpaired) electrons. The second kappa shape index (κ2) is 6.13. The summed E-state index contributed by atoms with van der Waals surface area (Å²) < 4.78 is 5.42. The zero-order valence-corrected chi connectivity index (χ0v) is 15.8. The topological polar surface area (TPSA) is 51.2 Å². The maximum Gasteiger partial charge on any atom is 0.407 e. The first kappa shape index (κ1) is 16.6. The molecule has 2 aliphatic rings. The molecule has 1 N–H and O–H groups in total. The number of ether oxygens (including phenoxy) is 1. The van der Waals surface area contributed by atoms with Gasteiger partial charge in [-0.25, -0.2) is 9.78 Å². The van der Waals surface area contributed by atoms with Crippen molar-refractivity contribution in [1.29, 1.82) is 0 Å². The first-order chi connectivity index (χ1) is 11.9. The molecule has 1 saturated carbocycles. The van der Waals surface area contributed by atoms with Gasteiger partial charge in [-0.15, -0.1) is 11.3 Å². The summed E-state index contributed by atoms with van der Waals surface area (Å²) in [5.41, 5.74) is 3.33. The maximum atomic E-state index is 12.1. The molecule has 1 aromatic carbocycles. The summed E-state index contributed by atoms with van der Waals surface area (Å²) in [5, 5.41) is 4.24. The molecule has 2 atom stereocenters. The van der Waals surface area contributed by atoms with E-state index < -0.39 is 5.60 Å². The zero-order valence-electron chi connectivity index (χ0n) is 15.0. The van der Waals surface area contributed by atoms with E-state index in [1.807, 2.05) is 32.1 Å². The van der Waals surface area contributed by atoms with Crippen LogP contribution in [0, 0.1) is 0 Å². The predicted molar refractivity (Wildman–Crippen MR) is 100 cm³/mol. The van der Waals surface area contributed by atoms with E-state index >= 15 is 0 Å². The lowest BCUT2D eigenvalue weighted by Crippen LogP contribution is -2.40. The molecular weight excluding hydrogens is 332 g/mol. The summed E-state index contributed by atoms with van der Waals surface area (Å²) >= 11 is 1.82. The molecule has 0 spiro atoms. The van der Waals surface area contributed by atoms with E-state index in [0.29, 0.717) is 5.92 Å². The average molecular weight is 356 g/mol. The van der Waals surface area contributed by atoms with E-state index in [-0.39, 0.29) is 12.1 Å². The summed E-state index contributed by atoms with van der Waals surface area (Å²) in [4.78, 5) is 18.5. The minimum absolute atomic E-state index is 0.122. The summed E-state index contributed by atoms with van der Waals surface area (Å²) in [6, 6.07) is 8.64. The fourth-order valence-corrected chi connectivity index (χ4v) is 5.13. The Kier molecular flexibility index (Phi) is 4.07. The van der Waals surface area contributed by atoms with Crippen LogP contribution in [0.1, 0.15) is 61.4 Å². The van der Waals surface area contributed by atoms with Gasteiger partial charge in [0.25, 0.3) is 0 Å². The number of carbonyl (C=O) groups excluding carboxylic acids is 1. The van der Waals surface area contributed by atoms with Gasteiger partial charge in [0.1, 0.15) is 5.60 Å². The summed E-state index contributed by atoms with van der Waals surface area (Å²) in [6.45, 7) is 5.67. The normalized spacial score (nSPS) is 21.7. The second-order valence-corrected chi connectivity index (χ2v) is 9.06. The van der Waals surface area contributed by atoms with E-state index in [9.17, 15) is 4.79 Å². The standard InChI is InChI=1S/C20H24N2O2S/c1-20(2,3)24-19(23)21-15-10-6-9-14(15)18-22-17-13-8-5-4-7-12(13)11-16(17)25-18/h4-5,7-8,14-15H,6,9-11H2,1-3H3,(H,21,23). The van der Waals surface area contributed by atoms with E-state index in [1.54, 1.807) is 0 Å². The van der Waals surface area contributed by atoms with Gasteiger partial charge >= 0.3 is 6.09 Å². The van der Waals surface area contributed by atoms with Crippen molar-refractivity contribution >= 4 is 17.4 Å². The molecule has 1 heterocycles. The minimum atomic E-state index is -0.468. The number of hydrogen-bond acceptors (Lipinski definition) is 4. The Bertz CT molecular complexity index is 806. The van der Waals surface area contributed by atoms with Crippen molar-refractivity contribution in [3.63, 3.8) is 0 Å².